The van der Waals surface area contributed by atoms with E-state index in [-0.39, 0.29) is 11.9 Å². The fourth-order valence-electron chi connectivity index (χ4n) is 2.80. The third-order valence-corrected chi connectivity index (χ3v) is 3.86. The Hall–Kier alpha value is -2.30. The number of amides is 1. The highest BCUT2D eigenvalue weighted by molar-refractivity contribution is 5.93. The van der Waals surface area contributed by atoms with E-state index in [1.165, 1.54) is 6.07 Å². The molecule has 1 aromatic carbocycles. The van der Waals surface area contributed by atoms with Crippen molar-refractivity contribution in [3.8, 4) is 0 Å². The summed E-state index contributed by atoms with van der Waals surface area (Å²) in [5.74, 6) is -0.228. The quantitative estimate of drug-likeness (QED) is 0.851. The summed E-state index contributed by atoms with van der Waals surface area (Å²) in [6.07, 6.45) is 4.18. The van der Waals surface area contributed by atoms with Crippen LogP contribution in [0.25, 0.3) is 16.5 Å². The molecule has 5 heteroatoms. The highest BCUT2D eigenvalue weighted by Gasteiger charge is 2.24. The standard InChI is InChI=1S/C18H21FN2O2/c1-18(2,3)23-17(22)21-9-7-12(8-10-21)13-11-20-15-6-4-5-14(19)16(13)15/h4-7,11,20H,8-10H2,1-3H3. The monoisotopic (exact) mass is 316 g/mol. The maximum absolute atomic E-state index is 14.1. The maximum Gasteiger partial charge on any atom is 0.410 e. The van der Waals surface area contributed by atoms with E-state index in [2.05, 4.69) is 4.98 Å². The molecule has 0 atom stereocenters. The Morgan fingerprint density at radius 1 is 1.35 bits per heavy atom. The smallest absolute Gasteiger partial charge is 0.410 e. The number of benzene rings is 1. The summed E-state index contributed by atoms with van der Waals surface area (Å²) in [5, 5.41) is 0.615. The molecule has 4 nitrogen and oxygen atoms in total. The second-order valence-corrected chi connectivity index (χ2v) is 6.77. The predicted molar refractivity (Wildman–Crippen MR) is 88.7 cm³/mol. The van der Waals surface area contributed by atoms with Gasteiger partial charge >= 0.3 is 6.09 Å². The molecule has 0 saturated carbocycles. The van der Waals surface area contributed by atoms with Crippen LogP contribution in [0.2, 0.25) is 0 Å². The van der Waals surface area contributed by atoms with Crippen LogP contribution < -0.4 is 0 Å². The molecule has 1 N–H and O–H groups in total. The Morgan fingerprint density at radius 2 is 2.13 bits per heavy atom. The van der Waals surface area contributed by atoms with Crippen LogP contribution in [0, 0.1) is 5.82 Å². The third-order valence-electron chi connectivity index (χ3n) is 3.86. The number of rotatable bonds is 1. The van der Waals surface area contributed by atoms with Gasteiger partial charge in [-0.15, -0.1) is 0 Å². The molecular weight excluding hydrogens is 295 g/mol. The Kier molecular flexibility index (Phi) is 3.88. The van der Waals surface area contributed by atoms with Crippen LogP contribution in [-0.2, 0) is 4.74 Å². The van der Waals surface area contributed by atoms with Gasteiger partial charge in [-0.25, -0.2) is 9.18 Å². The average Bonchev–Trinajstić information content (AvgIpc) is 2.91. The molecule has 1 aromatic heterocycles. The molecule has 122 valence electrons. The average molecular weight is 316 g/mol. The van der Waals surface area contributed by atoms with E-state index in [0.717, 1.165) is 16.7 Å². The van der Waals surface area contributed by atoms with E-state index < -0.39 is 5.60 Å². The van der Waals surface area contributed by atoms with Gasteiger partial charge in [0.25, 0.3) is 0 Å². The van der Waals surface area contributed by atoms with Gasteiger partial charge in [-0.3, -0.25) is 0 Å². The van der Waals surface area contributed by atoms with Gasteiger partial charge < -0.3 is 14.6 Å². The first-order valence-electron chi connectivity index (χ1n) is 7.78. The van der Waals surface area contributed by atoms with E-state index in [1.807, 2.05) is 39.1 Å². The zero-order chi connectivity index (χ0) is 16.6. The minimum absolute atomic E-state index is 0.228. The Bertz CT molecular complexity index is 771. The lowest BCUT2D eigenvalue weighted by Gasteiger charge is -2.29. The molecule has 0 saturated heterocycles. The minimum Gasteiger partial charge on any atom is -0.444 e. The van der Waals surface area contributed by atoms with E-state index in [0.29, 0.717) is 24.9 Å². The Labute approximate surface area is 134 Å². The Morgan fingerprint density at radius 3 is 2.78 bits per heavy atom. The summed E-state index contributed by atoms with van der Waals surface area (Å²) in [6.45, 7) is 6.60. The van der Waals surface area contributed by atoms with Crippen molar-refractivity contribution >= 4 is 22.6 Å². The Balaban J connectivity index is 1.80. The number of aromatic amines is 1. The van der Waals surface area contributed by atoms with E-state index in [9.17, 15) is 9.18 Å². The van der Waals surface area contributed by atoms with Crippen molar-refractivity contribution < 1.29 is 13.9 Å². The van der Waals surface area contributed by atoms with Crippen LogP contribution in [0.5, 0.6) is 0 Å². The number of halogens is 1. The number of nitrogens with zero attached hydrogens (tertiary/aromatic N) is 1. The molecule has 2 aromatic rings. The van der Waals surface area contributed by atoms with E-state index in [1.54, 1.807) is 11.0 Å². The molecule has 2 heterocycles. The zero-order valence-corrected chi connectivity index (χ0v) is 13.6. The van der Waals surface area contributed by atoms with Crippen molar-refractivity contribution in [1.82, 2.24) is 9.88 Å². The van der Waals surface area contributed by atoms with Crippen molar-refractivity contribution in [2.24, 2.45) is 0 Å². The van der Waals surface area contributed by atoms with Crippen LogP contribution in [0.15, 0.2) is 30.5 Å². The van der Waals surface area contributed by atoms with Gasteiger partial charge in [0, 0.05) is 35.8 Å². The minimum atomic E-state index is -0.499. The van der Waals surface area contributed by atoms with Gasteiger partial charge in [-0.05, 0) is 44.9 Å². The number of aromatic nitrogens is 1. The molecule has 23 heavy (non-hydrogen) atoms. The van der Waals surface area contributed by atoms with Gasteiger partial charge in [0.2, 0.25) is 0 Å². The van der Waals surface area contributed by atoms with Crippen LogP contribution in [0.4, 0.5) is 9.18 Å². The normalized spacial score (nSPS) is 15.7. The molecule has 0 aliphatic carbocycles. The lowest BCUT2D eigenvalue weighted by atomic mass is 9.99. The molecule has 0 unspecified atom stereocenters. The first-order chi connectivity index (χ1) is 10.8. The molecule has 0 fully saturated rings. The van der Waals surface area contributed by atoms with E-state index in [4.69, 9.17) is 4.74 Å². The van der Waals surface area contributed by atoms with Gasteiger partial charge in [0.05, 0.1) is 0 Å². The molecule has 1 aliphatic heterocycles. The van der Waals surface area contributed by atoms with Crippen LogP contribution in [0.1, 0.15) is 32.8 Å². The lowest BCUT2D eigenvalue weighted by molar-refractivity contribution is 0.0270. The fourth-order valence-corrected chi connectivity index (χ4v) is 2.80. The van der Waals surface area contributed by atoms with Crippen LogP contribution in [-0.4, -0.2) is 34.7 Å². The first-order valence-corrected chi connectivity index (χ1v) is 7.78. The largest absolute Gasteiger partial charge is 0.444 e. The number of carbonyl (C=O) groups is 1. The SMILES string of the molecule is CC(C)(C)OC(=O)N1CC=C(c2c[nH]c3cccc(F)c23)CC1. The van der Waals surface area contributed by atoms with Gasteiger partial charge in [0.15, 0.2) is 0 Å². The van der Waals surface area contributed by atoms with Crippen molar-refractivity contribution in [3.05, 3.63) is 41.9 Å². The first kappa shape index (κ1) is 15.6. The molecule has 1 amide bonds. The molecule has 3 rings (SSSR count). The lowest BCUT2D eigenvalue weighted by Crippen LogP contribution is -2.39. The number of carbonyl (C=O) groups excluding carboxylic acids is 1. The van der Waals surface area contributed by atoms with Crippen molar-refractivity contribution in [1.29, 1.82) is 0 Å². The molecule has 0 spiro atoms. The predicted octanol–water partition coefficient (Wildman–Crippen LogP) is 4.33. The van der Waals surface area contributed by atoms with Gasteiger partial charge in [-0.2, -0.15) is 0 Å². The van der Waals surface area contributed by atoms with Crippen molar-refractivity contribution in [2.75, 3.05) is 13.1 Å². The number of ether oxygens (including phenoxy) is 1. The summed E-state index contributed by atoms with van der Waals surface area (Å²) in [7, 11) is 0. The van der Waals surface area contributed by atoms with Crippen LogP contribution >= 0.6 is 0 Å². The van der Waals surface area contributed by atoms with Gasteiger partial charge in [0.1, 0.15) is 11.4 Å². The summed E-state index contributed by atoms with van der Waals surface area (Å²) < 4.78 is 19.5. The molecule has 0 bridgehead atoms. The molecular formula is C18H21FN2O2. The second kappa shape index (κ2) is 5.72. The highest BCUT2D eigenvalue weighted by Crippen LogP contribution is 2.31. The summed E-state index contributed by atoms with van der Waals surface area (Å²) >= 11 is 0. The second-order valence-electron chi connectivity index (χ2n) is 6.77. The number of fused-ring (bicyclic) bond motifs is 1. The van der Waals surface area contributed by atoms with E-state index >= 15 is 0 Å². The maximum atomic E-state index is 14.1. The number of nitrogens with one attached hydrogen (secondary N) is 1. The fraction of sp³-hybridized carbons (Fsp3) is 0.389. The summed E-state index contributed by atoms with van der Waals surface area (Å²) in [6, 6.07) is 5.02. The number of hydrogen-bond acceptors (Lipinski definition) is 2. The number of H-pyrrole nitrogens is 1. The highest BCUT2D eigenvalue weighted by atomic mass is 19.1. The van der Waals surface area contributed by atoms with Gasteiger partial charge in [-0.1, -0.05) is 12.1 Å². The summed E-state index contributed by atoms with van der Waals surface area (Å²) in [4.78, 5) is 16.9. The molecule has 0 radical (unpaired) electrons. The van der Waals surface area contributed by atoms with Crippen LogP contribution in [0.3, 0.4) is 0 Å². The summed E-state index contributed by atoms with van der Waals surface area (Å²) in [5.41, 5.74) is 2.22. The molecule has 1 aliphatic rings. The topological polar surface area (TPSA) is 45.3 Å². The van der Waals surface area contributed by atoms with Crippen molar-refractivity contribution in [3.63, 3.8) is 0 Å². The third kappa shape index (κ3) is 3.23. The zero-order valence-electron chi connectivity index (χ0n) is 13.6. The number of hydrogen-bond donors (Lipinski definition) is 1. The van der Waals surface area contributed by atoms with Crippen molar-refractivity contribution in [2.45, 2.75) is 32.8 Å².